The van der Waals surface area contributed by atoms with Crippen molar-refractivity contribution in [3.63, 3.8) is 0 Å². The molecule has 3 fully saturated rings. The first-order valence-corrected chi connectivity index (χ1v) is 9.48. The Morgan fingerprint density at radius 3 is 2.54 bits per heavy atom. The number of piperidine rings is 1. The lowest BCUT2D eigenvalue weighted by molar-refractivity contribution is -0.0364. The van der Waals surface area contributed by atoms with Gasteiger partial charge in [-0.2, -0.15) is 0 Å². The van der Waals surface area contributed by atoms with Crippen LogP contribution >= 0.6 is 0 Å². The average Bonchev–Trinajstić information content (AvgIpc) is 3.27. The fourth-order valence-electron chi connectivity index (χ4n) is 4.59. The Labute approximate surface area is 144 Å². The van der Waals surface area contributed by atoms with Crippen LogP contribution in [0.25, 0.3) is 0 Å². The first-order chi connectivity index (χ1) is 11.7. The van der Waals surface area contributed by atoms with Crippen molar-refractivity contribution >= 4 is 6.03 Å². The number of benzene rings is 1. The number of nitrogens with one attached hydrogen (secondary N) is 1. The number of carbonyl (C=O) groups is 1. The standard InChI is InChI=1S/C20H28N2O2/c23-19(21-18-8-4-5-9-18)22-12-10-20(11-13-22)14-17(15-24-20)16-6-2-1-3-7-16/h1-3,6-7,17-18H,4-5,8-15H2,(H,21,23)/t17-/m1/s1. The largest absolute Gasteiger partial charge is 0.374 e. The summed E-state index contributed by atoms with van der Waals surface area (Å²) in [6.45, 7) is 2.46. The van der Waals surface area contributed by atoms with Gasteiger partial charge in [-0.05, 0) is 37.7 Å². The third kappa shape index (κ3) is 3.30. The second-order valence-electron chi connectivity index (χ2n) is 7.72. The highest BCUT2D eigenvalue weighted by Crippen LogP contribution is 2.42. The highest BCUT2D eigenvalue weighted by molar-refractivity contribution is 5.74. The smallest absolute Gasteiger partial charge is 0.317 e. The molecule has 4 rings (SSSR count). The summed E-state index contributed by atoms with van der Waals surface area (Å²) in [7, 11) is 0. The van der Waals surface area contributed by atoms with Crippen molar-refractivity contribution < 1.29 is 9.53 Å². The first kappa shape index (κ1) is 15.9. The van der Waals surface area contributed by atoms with Crippen molar-refractivity contribution in [3.8, 4) is 0 Å². The lowest BCUT2D eigenvalue weighted by atomic mass is 9.83. The number of urea groups is 1. The van der Waals surface area contributed by atoms with E-state index in [4.69, 9.17) is 4.74 Å². The van der Waals surface area contributed by atoms with E-state index in [1.807, 2.05) is 4.90 Å². The van der Waals surface area contributed by atoms with Gasteiger partial charge in [0.2, 0.25) is 0 Å². The lowest BCUT2D eigenvalue weighted by Crippen LogP contribution is -2.51. The molecule has 1 N–H and O–H groups in total. The van der Waals surface area contributed by atoms with Gasteiger partial charge in [0.1, 0.15) is 0 Å². The zero-order valence-corrected chi connectivity index (χ0v) is 14.4. The summed E-state index contributed by atoms with van der Waals surface area (Å²) in [5.74, 6) is 0.505. The van der Waals surface area contributed by atoms with Crippen molar-refractivity contribution in [1.29, 1.82) is 0 Å². The van der Waals surface area contributed by atoms with E-state index < -0.39 is 0 Å². The predicted octanol–water partition coefficient (Wildman–Crippen LogP) is 3.68. The molecule has 2 amide bonds. The summed E-state index contributed by atoms with van der Waals surface area (Å²) in [6, 6.07) is 11.2. The quantitative estimate of drug-likeness (QED) is 0.900. The molecule has 2 heterocycles. The number of hydrogen-bond acceptors (Lipinski definition) is 2. The lowest BCUT2D eigenvalue weighted by Gasteiger charge is -2.39. The van der Waals surface area contributed by atoms with Gasteiger partial charge in [-0.3, -0.25) is 0 Å². The number of hydrogen-bond donors (Lipinski definition) is 1. The molecular formula is C20H28N2O2. The minimum Gasteiger partial charge on any atom is -0.374 e. The van der Waals surface area contributed by atoms with Crippen LogP contribution in [0.1, 0.15) is 56.4 Å². The number of rotatable bonds is 2. The molecule has 1 aromatic carbocycles. The van der Waals surface area contributed by atoms with Crippen LogP contribution in [0, 0.1) is 0 Å². The van der Waals surface area contributed by atoms with Gasteiger partial charge in [-0.15, -0.1) is 0 Å². The van der Waals surface area contributed by atoms with Crippen molar-refractivity contribution in [2.45, 2.75) is 62.5 Å². The number of amides is 2. The molecule has 4 nitrogen and oxygen atoms in total. The molecule has 1 spiro atoms. The highest BCUT2D eigenvalue weighted by atomic mass is 16.5. The molecule has 1 atom stereocenters. The van der Waals surface area contributed by atoms with Crippen LogP contribution in [0.4, 0.5) is 4.79 Å². The Bertz CT molecular complexity index is 560. The molecule has 1 aromatic rings. The molecule has 2 aliphatic heterocycles. The summed E-state index contributed by atoms with van der Waals surface area (Å²) < 4.78 is 6.25. The van der Waals surface area contributed by atoms with Gasteiger partial charge in [-0.25, -0.2) is 4.79 Å². The molecule has 3 aliphatic rings. The third-order valence-electron chi connectivity index (χ3n) is 6.12. The average molecular weight is 328 g/mol. The Hall–Kier alpha value is -1.55. The van der Waals surface area contributed by atoms with E-state index in [2.05, 4.69) is 35.6 Å². The number of carbonyl (C=O) groups excluding carboxylic acids is 1. The van der Waals surface area contributed by atoms with E-state index in [0.717, 1.165) is 51.8 Å². The number of nitrogens with zero attached hydrogens (tertiary/aromatic N) is 1. The monoisotopic (exact) mass is 328 g/mol. The van der Waals surface area contributed by atoms with Crippen molar-refractivity contribution in [3.05, 3.63) is 35.9 Å². The fraction of sp³-hybridized carbons (Fsp3) is 0.650. The van der Waals surface area contributed by atoms with Gasteiger partial charge in [0.05, 0.1) is 12.2 Å². The second-order valence-corrected chi connectivity index (χ2v) is 7.72. The van der Waals surface area contributed by atoms with Gasteiger partial charge in [-0.1, -0.05) is 43.2 Å². The van der Waals surface area contributed by atoms with Crippen LogP contribution in [0.15, 0.2) is 30.3 Å². The summed E-state index contributed by atoms with van der Waals surface area (Å²) in [6.07, 6.45) is 7.82. The van der Waals surface area contributed by atoms with Crippen molar-refractivity contribution in [2.24, 2.45) is 0 Å². The Kier molecular flexibility index (Phi) is 4.49. The van der Waals surface area contributed by atoms with E-state index in [1.54, 1.807) is 0 Å². The zero-order chi connectivity index (χ0) is 16.4. The van der Waals surface area contributed by atoms with Crippen LogP contribution in [0.5, 0.6) is 0 Å². The summed E-state index contributed by atoms with van der Waals surface area (Å²) in [5.41, 5.74) is 1.38. The van der Waals surface area contributed by atoms with Crippen LogP contribution in [-0.2, 0) is 4.74 Å². The molecule has 24 heavy (non-hydrogen) atoms. The van der Waals surface area contributed by atoms with E-state index >= 15 is 0 Å². The molecule has 0 aromatic heterocycles. The third-order valence-corrected chi connectivity index (χ3v) is 6.12. The molecule has 0 unspecified atom stereocenters. The van der Waals surface area contributed by atoms with Gasteiger partial charge in [0.25, 0.3) is 0 Å². The minimum atomic E-state index is -0.00928. The van der Waals surface area contributed by atoms with Crippen LogP contribution < -0.4 is 5.32 Å². The fourth-order valence-corrected chi connectivity index (χ4v) is 4.59. The molecule has 0 radical (unpaired) electrons. The molecule has 1 saturated carbocycles. The van der Waals surface area contributed by atoms with E-state index in [1.165, 1.54) is 18.4 Å². The topological polar surface area (TPSA) is 41.6 Å². The molecule has 4 heteroatoms. The van der Waals surface area contributed by atoms with E-state index in [0.29, 0.717) is 12.0 Å². The maximum absolute atomic E-state index is 12.4. The summed E-state index contributed by atoms with van der Waals surface area (Å²) in [4.78, 5) is 14.4. The van der Waals surface area contributed by atoms with Crippen molar-refractivity contribution in [1.82, 2.24) is 10.2 Å². The second kappa shape index (κ2) is 6.75. The number of likely N-dealkylation sites (tertiary alicyclic amines) is 1. The minimum absolute atomic E-state index is 0.00928. The van der Waals surface area contributed by atoms with Crippen LogP contribution in [0.2, 0.25) is 0 Å². The van der Waals surface area contributed by atoms with E-state index in [-0.39, 0.29) is 11.6 Å². The molecule has 130 valence electrons. The van der Waals surface area contributed by atoms with Gasteiger partial charge >= 0.3 is 6.03 Å². The van der Waals surface area contributed by atoms with Crippen LogP contribution in [0.3, 0.4) is 0 Å². The first-order valence-electron chi connectivity index (χ1n) is 9.48. The zero-order valence-electron chi connectivity index (χ0n) is 14.4. The predicted molar refractivity (Wildman–Crippen MR) is 94.1 cm³/mol. The summed E-state index contributed by atoms with van der Waals surface area (Å²) >= 11 is 0. The van der Waals surface area contributed by atoms with E-state index in [9.17, 15) is 4.79 Å². The molecule has 1 aliphatic carbocycles. The molecule has 2 saturated heterocycles. The summed E-state index contributed by atoms with van der Waals surface area (Å²) in [5, 5.41) is 3.21. The van der Waals surface area contributed by atoms with Crippen molar-refractivity contribution in [2.75, 3.05) is 19.7 Å². The Morgan fingerprint density at radius 1 is 1.12 bits per heavy atom. The molecule has 0 bridgehead atoms. The maximum Gasteiger partial charge on any atom is 0.317 e. The van der Waals surface area contributed by atoms with Gasteiger partial charge < -0.3 is 15.0 Å². The Balaban J connectivity index is 1.30. The maximum atomic E-state index is 12.4. The van der Waals surface area contributed by atoms with Gasteiger partial charge in [0.15, 0.2) is 0 Å². The SMILES string of the molecule is O=C(NC1CCCC1)N1CCC2(CC1)C[C@@H](c1ccccc1)CO2. The van der Waals surface area contributed by atoms with Crippen LogP contribution in [-0.4, -0.2) is 42.3 Å². The normalized spacial score (nSPS) is 26.8. The Morgan fingerprint density at radius 2 is 1.83 bits per heavy atom. The molecular weight excluding hydrogens is 300 g/mol. The number of ether oxygens (including phenoxy) is 1. The van der Waals surface area contributed by atoms with Gasteiger partial charge in [0, 0.05) is 25.0 Å². The highest BCUT2D eigenvalue weighted by Gasteiger charge is 2.43.